The molecule has 3 rings (SSSR count). The van der Waals surface area contributed by atoms with E-state index in [0.717, 1.165) is 37.1 Å². The number of fused-ring (bicyclic) bond motifs is 1. The topological polar surface area (TPSA) is 69.8 Å². The molecular weight excluding hydrogens is 358 g/mol. The Bertz CT molecular complexity index is 852. The Morgan fingerprint density at radius 3 is 2.78 bits per heavy atom. The molecule has 0 spiro atoms. The van der Waals surface area contributed by atoms with E-state index in [-0.39, 0.29) is 0 Å². The van der Waals surface area contributed by atoms with Crippen LogP contribution in [0.3, 0.4) is 0 Å². The highest BCUT2D eigenvalue weighted by Gasteiger charge is 2.18. The van der Waals surface area contributed by atoms with Crippen LogP contribution in [0.2, 0.25) is 0 Å². The summed E-state index contributed by atoms with van der Waals surface area (Å²) in [6.07, 6.45) is 1.97. The average Bonchev–Trinajstić information content (AvgIpc) is 3.37. The summed E-state index contributed by atoms with van der Waals surface area (Å²) in [5, 5.41) is 19.6. The van der Waals surface area contributed by atoms with Gasteiger partial charge in [-0.2, -0.15) is 11.3 Å². The zero-order chi connectivity index (χ0) is 19.1. The second-order valence-electron chi connectivity index (χ2n) is 6.15. The number of aliphatic imine (C=N–C) groups is 1. The summed E-state index contributed by atoms with van der Waals surface area (Å²) in [6, 6.07) is 8.40. The summed E-state index contributed by atoms with van der Waals surface area (Å²) in [6.45, 7) is 7.77. The van der Waals surface area contributed by atoms with Crippen LogP contribution in [0.25, 0.3) is 5.65 Å². The normalized spacial score (nSPS) is 13.3. The van der Waals surface area contributed by atoms with Crippen LogP contribution in [0, 0.1) is 0 Å². The Labute approximate surface area is 164 Å². The summed E-state index contributed by atoms with van der Waals surface area (Å²) in [7, 11) is 1.79. The molecule has 2 N–H and O–H groups in total. The van der Waals surface area contributed by atoms with Crippen molar-refractivity contribution < 1.29 is 0 Å². The quantitative estimate of drug-likeness (QED) is 0.461. The van der Waals surface area contributed by atoms with Crippen molar-refractivity contribution in [1.82, 2.24) is 30.1 Å². The van der Waals surface area contributed by atoms with Crippen molar-refractivity contribution in [2.24, 2.45) is 4.99 Å². The molecule has 0 aliphatic carbocycles. The molecule has 3 heterocycles. The predicted molar refractivity (Wildman–Crippen MR) is 111 cm³/mol. The van der Waals surface area contributed by atoms with Gasteiger partial charge in [-0.1, -0.05) is 19.9 Å². The number of thiophene rings is 1. The fraction of sp³-hybridized carbons (Fsp3) is 0.421. The van der Waals surface area contributed by atoms with Crippen LogP contribution in [0.5, 0.6) is 0 Å². The van der Waals surface area contributed by atoms with Gasteiger partial charge < -0.3 is 10.6 Å². The Morgan fingerprint density at radius 2 is 2.07 bits per heavy atom. The van der Waals surface area contributed by atoms with Crippen LogP contribution in [0.1, 0.15) is 31.3 Å². The third-order valence-electron chi connectivity index (χ3n) is 4.67. The minimum Gasteiger partial charge on any atom is -0.354 e. The minimum atomic E-state index is 0.318. The van der Waals surface area contributed by atoms with Crippen molar-refractivity contribution in [3.8, 4) is 0 Å². The van der Waals surface area contributed by atoms with E-state index in [1.165, 1.54) is 5.56 Å². The molecule has 0 aromatic carbocycles. The third kappa shape index (κ3) is 4.64. The maximum atomic E-state index is 4.35. The summed E-state index contributed by atoms with van der Waals surface area (Å²) in [5.41, 5.74) is 2.19. The van der Waals surface area contributed by atoms with Crippen molar-refractivity contribution in [3.05, 3.63) is 52.6 Å². The van der Waals surface area contributed by atoms with Crippen LogP contribution < -0.4 is 10.6 Å². The number of guanidine groups is 1. The van der Waals surface area contributed by atoms with E-state index in [4.69, 9.17) is 0 Å². The van der Waals surface area contributed by atoms with Crippen molar-refractivity contribution in [2.45, 2.75) is 26.4 Å². The Kier molecular flexibility index (Phi) is 6.78. The van der Waals surface area contributed by atoms with Gasteiger partial charge >= 0.3 is 0 Å². The van der Waals surface area contributed by atoms with E-state index in [0.29, 0.717) is 12.6 Å². The van der Waals surface area contributed by atoms with Gasteiger partial charge in [0.05, 0.1) is 12.6 Å². The highest BCUT2D eigenvalue weighted by Crippen LogP contribution is 2.22. The molecule has 0 aliphatic rings. The molecule has 3 aromatic heterocycles. The molecule has 0 aliphatic heterocycles. The molecule has 144 valence electrons. The molecule has 1 atom stereocenters. The number of nitrogens with one attached hydrogen (secondary N) is 2. The first-order chi connectivity index (χ1) is 13.3. The second kappa shape index (κ2) is 9.48. The largest absolute Gasteiger partial charge is 0.354 e. The lowest BCUT2D eigenvalue weighted by molar-refractivity contribution is 0.219. The monoisotopic (exact) mass is 385 g/mol. The average molecular weight is 386 g/mol. The van der Waals surface area contributed by atoms with Gasteiger partial charge in [-0.25, -0.2) is 0 Å². The van der Waals surface area contributed by atoms with Crippen LogP contribution in [0.15, 0.2) is 46.2 Å². The van der Waals surface area contributed by atoms with Crippen molar-refractivity contribution in [2.75, 3.05) is 26.7 Å². The first-order valence-electron chi connectivity index (χ1n) is 9.26. The number of pyridine rings is 1. The molecule has 0 bridgehead atoms. The molecule has 0 amide bonds. The standard InChI is InChI=1S/C19H27N7S/c1-4-25(5-2)16(15-9-11-27-14-15)12-21-19(20-3)22-13-18-24-23-17-8-6-7-10-26(17)18/h6-11,14,16H,4-5,12-13H2,1-3H3,(H2,20,21,22). The zero-order valence-corrected chi connectivity index (χ0v) is 16.9. The van der Waals surface area contributed by atoms with Gasteiger partial charge in [-0.05, 0) is 47.6 Å². The van der Waals surface area contributed by atoms with E-state index in [1.807, 2.05) is 28.8 Å². The second-order valence-corrected chi connectivity index (χ2v) is 6.93. The van der Waals surface area contributed by atoms with Crippen LogP contribution >= 0.6 is 11.3 Å². The van der Waals surface area contributed by atoms with Crippen molar-refractivity contribution in [3.63, 3.8) is 0 Å². The van der Waals surface area contributed by atoms with E-state index in [9.17, 15) is 0 Å². The summed E-state index contributed by atoms with van der Waals surface area (Å²) in [5.74, 6) is 1.61. The summed E-state index contributed by atoms with van der Waals surface area (Å²) >= 11 is 1.74. The van der Waals surface area contributed by atoms with E-state index in [1.54, 1.807) is 18.4 Å². The minimum absolute atomic E-state index is 0.318. The fourth-order valence-electron chi connectivity index (χ4n) is 3.17. The van der Waals surface area contributed by atoms with Gasteiger partial charge in [0, 0.05) is 19.8 Å². The smallest absolute Gasteiger partial charge is 0.191 e. The number of hydrogen-bond acceptors (Lipinski definition) is 5. The third-order valence-corrected chi connectivity index (χ3v) is 5.37. The Balaban J connectivity index is 1.62. The lowest BCUT2D eigenvalue weighted by Gasteiger charge is -2.30. The fourth-order valence-corrected chi connectivity index (χ4v) is 3.88. The Hall–Kier alpha value is -2.45. The van der Waals surface area contributed by atoms with Gasteiger partial charge in [0.15, 0.2) is 17.4 Å². The van der Waals surface area contributed by atoms with E-state index in [2.05, 4.69) is 61.4 Å². The van der Waals surface area contributed by atoms with E-state index >= 15 is 0 Å². The number of likely N-dealkylation sites (N-methyl/N-ethyl adjacent to an activating group) is 1. The molecule has 0 saturated heterocycles. The predicted octanol–water partition coefficient (Wildman–Crippen LogP) is 2.54. The van der Waals surface area contributed by atoms with E-state index < -0.39 is 0 Å². The lowest BCUT2D eigenvalue weighted by Crippen LogP contribution is -2.43. The Morgan fingerprint density at radius 1 is 1.22 bits per heavy atom. The SMILES string of the molecule is CCN(CC)C(CNC(=NC)NCc1nnc2ccccn12)c1ccsc1. The maximum absolute atomic E-state index is 4.35. The zero-order valence-electron chi connectivity index (χ0n) is 16.1. The highest BCUT2D eigenvalue weighted by molar-refractivity contribution is 7.07. The maximum Gasteiger partial charge on any atom is 0.191 e. The van der Waals surface area contributed by atoms with Crippen molar-refractivity contribution >= 4 is 22.9 Å². The summed E-state index contributed by atoms with van der Waals surface area (Å²) in [4.78, 5) is 6.81. The van der Waals surface area contributed by atoms with Crippen molar-refractivity contribution in [1.29, 1.82) is 0 Å². The van der Waals surface area contributed by atoms with Gasteiger partial charge in [-0.3, -0.25) is 14.3 Å². The molecule has 0 radical (unpaired) electrons. The molecule has 7 nitrogen and oxygen atoms in total. The molecule has 1 unspecified atom stereocenters. The molecular formula is C19H27N7S. The molecule has 27 heavy (non-hydrogen) atoms. The molecule has 0 fully saturated rings. The first-order valence-corrected chi connectivity index (χ1v) is 10.2. The van der Waals surface area contributed by atoms with Crippen LogP contribution in [-0.4, -0.2) is 52.1 Å². The molecule has 0 saturated carbocycles. The highest BCUT2D eigenvalue weighted by atomic mass is 32.1. The van der Waals surface area contributed by atoms with Crippen LogP contribution in [0.4, 0.5) is 0 Å². The van der Waals surface area contributed by atoms with Gasteiger partial charge in [0.2, 0.25) is 0 Å². The first kappa shape index (κ1) is 19.3. The number of aromatic nitrogens is 3. The summed E-state index contributed by atoms with van der Waals surface area (Å²) < 4.78 is 1.98. The number of rotatable bonds is 8. The van der Waals surface area contributed by atoms with Gasteiger partial charge in [0.25, 0.3) is 0 Å². The lowest BCUT2D eigenvalue weighted by atomic mass is 10.1. The number of nitrogens with zero attached hydrogens (tertiary/aromatic N) is 5. The van der Waals surface area contributed by atoms with Gasteiger partial charge in [-0.15, -0.1) is 10.2 Å². The molecule has 3 aromatic rings. The molecule has 8 heteroatoms. The van der Waals surface area contributed by atoms with Crippen LogP contribution in [-0.2, 0) is 6.54 Å². The van der Waals surface area contributed by atoms with Gasteiger partial charge in [0.1, 0.15) is 0 Å². The number of hydrogen-bond donors (Lipinski definition) is 2.